The van der Waals surface area contributed by atoms with E-state index in [2.05, 4.69) is 17.0 Å². The lowest BCUT2D eigenvalue weighted by atomic mass is 10.1. The molecule has 0 radical (unpaired) electrons. The molecule has 0 unspecified atom stereocenters. The summed E-state index contributed by atoms with van der Waals surface area (Å²) in [7, 11) is 0. The number of aryl methyl sites for hydroxylation is 2. The van der Waals surface area contributed by atoms with E-state index in [-0.39, 0.29) is 18.1 Å². The van der Waals surface area contributed by atoms with E-state index in [1.807, 2.05) is 54.3 Å². The molecule has 1 saturated heterocycles. The van der Waals surface area contributed by atoms with Crippen LogP contribution in [0.3, 0.4) is 0 Å². The Morgan fingerprint density at radius 2 is 1.74 bits per heavy atom. The van der Waals surface area contributed by atoms with Crippen molar-refractivity contribution in [1.82, 2.24) is 29.0 Å². The van der Waals surface area contributed by atoms with Crippen LogP contribution in [0.15, 0.2) is 83.8 Å². The second kappa shape index (κ2) is 11.8. The van der Waals surface area contributed by atoms with Crippen molar-refractivity contribution < 1.29 is 9.53 Å². The van der Waals surface area contributed by atoms with E-state index in [0.29, 0.717) is 46.5 Å². The summed E-state index contributed by atoms with van der Waals surface area (Å²) in [6, 6.07) is 23.0. The number of piperazine rings is 1. The maximum atomic E-state index is 13.7. The first-order chi connectivity index (χ1) is 20.4. The van der Waals surface area contributed by atoms with Gasteiger partial charge < -0.3 is 9.64 Å². The van der Waals surface area contributed by atoms with Crippen LogP contribution in [0.1, 0.15) is 17.0 Å². The summed E-state index contributed by atoms with van der Waals surface area (Å²) in [5.41, 5.74) is 4.45. The normalized spacial score (nSPS) is 13.9. The first kappa shape index (κ1) is 27.7. The number of benzene rings is 2. The number of fused-ring (bicyclic) bond motifs is 1. The summed E-state index contributed by atoms with van der Waals surface area (Å²) in [4.78, 5) is 35.6. The fourth-order valence-electron chi connectivity index (χ4n) is 5.34. The third-order valence-corrected chi connectivity index (χ3v) is 7.76. The van der Waals surface area contributed by atoms with Crippen molar-refractivity contribution in [2.45, 2.75) is 20.4 Å². The molecule has 0 atom stereocenters. The number of carbonyl (C=O) groups is 1. The molecule has 0 saturated carbocycles. The summed E-state index contributed by atoms with van der Waals surface area (Å²) in [6.07, 6.45) is 1.65. The van der Waals surface area contributed by atoms with Crippen LogP contribution in [0, 0.1) is 13.8 Å². The average molecular weight is 583 g/mol. The zero-order chi connectivity index (χ0) is 29.2. The minimum absolute atomic E-state index is 0.0888. The van der Waals surface area contributed by atoms with E-state index < -0.39 is 0 Å². The Hall–Kier alpha value is -4.47. The summed E-state index contributed by atoms with van der Waals surface area (Å²) in [6.45, 7) is 7.35. The van der Waals surface area contributed by atoms with E-state index in [9.17, 15) is 9.59 Å². The Morgan fingerprint density at radius 3 is 2.50 bits per heavy atom. The van der Waals surface area contributed by atoms with Gasteiger partial charge in [0.05, 0.1) is 16.9 Å². The zero-order valence-electron chi connectivity index (χ0n) is 23.5. The fraction of sp³-hybridized carbons (Fsp3) is 0.250. The van der Waals surface area contributed by atoms with Gasteiger partial charge in [-0.2, -0.15) is 5.10 Å². The number of halogens is 1. The van der Waals surface area contributed by atoms with Gasteiger partial charge in [0.2, 0.25) is 0 Å². The van der Waals surface area contributed by atoms with Crippen LogP contribution < -0.4 is 10.3 Å². The molecule has 5 aromatic rings. The van der Waals surface area contributed by atoms with Crippen LogP contribution >= 0.6 is 11.6 Å². The monoisotopic (exact) mass is 582 g/mol. The molecule has 1 fully saturated rings. The molecule has 2 aromatic carbocycles. The second-order valence-electron chi connectivity index (χ2n) is 10.4. The molecule has 9 nitrogen and oxygen atoms in total. The Balaban J connectivity index is 1.17. The molecule has 1 amide bonds. The summed E-state index contributed by atoms with van der Waals surface area (Å²) in [5, 5.41) is 5.30. The van der Waals surface area contributed by atoms with Crippen molar-refractivity contribution in [2.24, 2.45) is 0 Å². The third-order valence-electron chi connectivity index (χ3n) is 7.52. The highest BCUT2D eigenvalue weighted by Crippen LogP contribution is 2.25. The quantitative estimate of drug-likeness (QED) is 0.280. The highest BCUT2D eigenvalue weighted by molar-refractivity contribution is 6.30. The van der Waals surface area contributed by atoms with Crippen LogP contribution in [-0.4, -0.2) is 67.7 Å². The van der Waals surface area contributed by atoms with Gasteiger partial charge >= 0.3 is 0 Å². The van der Waals surface area contributed by atoms with Gasteiger partial charge in [-0.1, -0.05) is 48.0 Å². The molecule has 0 spiro atoms. The minimum atomic E-state index is -0.264. The van der Waals surface area contributed by atoms with Crippen LogP contribution in [0.25, 0.3) is 22.6 Å². The number of amides is 1. The van der Waals surface area contributed by atoms with Crippen molar-refractivity contribution in [3.05, 3.63) is 111 Å². The van der Waals surface area contributed by atoms with Gasteiger partial charge in [-0.05, 0) is 55.8 Å². The molecular weight excluding hydrogens is 552 g/mol. The number of ether oxygens (including phenoxy) is 1. The second-order valence-corrected chi connectivity index (χ2v) is 10.9. The molecule has 4 heterocycles. The first-order valence-corrected chi connectivity index (χ1v) is 14.3. The predicted octanol–water partition coefficient (Wildman–Crippen LogP) is 4.54. The standard InChI is InChI=1S/C32H31ClN6O3/c1-22-18-27(35-39(22)26-11-6-10-25(33)19-26)30-23(2)34-31-28(12-7-13-38(31)32(30)41)42-21-29(40)37-16-14-36(15-17-37)20-24-8-4-3-5-9-24/h3-13,18-19H,14-17,20-21H2,1-2H3. The lowest BCUT2D eigenvalue weighted by molar-refractivity contribution is -0.135. The van der Waals surface area contributed by atoms with Gasteiger partial charge in [-0.25, -0.2) is 9.67 Å². The number of hydrogen-bond acceptors (Lipinski definition) is 6. The summed E-state index contributed by atoms with van der Waals surface area (Å²) >= 11 is 6.18. The van der Waals surface area contributed by atoms with Crippen LogP contribution in [0.5, 0.6) is 5.75 Å². The number of rotatable bonds is 7. The maximum absolute atomic E-state index is 13.7. The number of nitrogens with zero attached hydrogens (tertiary/aromatic N) is 6. The molecule has 0 N–H and O–H groups in total. The fourth-order valence-corrected chi connectivity index (χ4v) is 5.53. The molecule has 214 valence electrons. The van der Waals surface area contributed by atoms with Crippen LogP contribution in [0.2, 0.25) is 5.02 Å². The lowest BCUT2D eigenvalue weighted by Gasteiger charge is -2.34. The Kier molecular flexibility index (Phi) is 7.78. The number of carbonyl (C=O) groups excluding carboxylic acids is 1. The van der Waals surface area contributed by atoms with Gasteiger partial charge in [0.15, 0.2) is 18.0 Å². The van der Waals surface area contributed by atoms with E-state index >= 15 is 0 Å². The SMILES string of the molecule is Cc1nc2c(OCC(=O)N3CCN(Cc4ccccc4)CC3)cccn2c(=O)c1-c1cc(C)n(-c2cccc(Cl)c2)n1. The van der Waals surface area contributed by atoms with Crippen molar-refractivity contribution in [3.8, 4) is 22.7 Å². The van der Waals surface area contributed by atoms with Gasteiger partial charge in [0.25, 0.3) is 11.5 Å². The molecule has 3 aromatic heterocycles. The molecule has 10 heteroatoms. The average Bonchev–Trinajstić information content (AvgIpc) is 3.37. The van der Waals surface area contributed by atoms with Crippen molar-refractivity contribution in [2.75, 3.05) is 32.8 Å². The Labute approximate surface area is 248 Å². The smallest absolute Gasteiger partial charge is 0.267 e. The molecule has 1 aliphatic rings. The maximum Gasteiger partial charge on any atom is 0.267 e. The highest BCUT2D eigenvalue weighted by Gasteiger charge is 2.23. The molecule has 0 aliphatic carbocycles. The predicted molar refractivity (Wildman–Crippen MR) is 162 cm³/mol. The van der Waals surface area contributed by atoms with E-state index in [1.165, 1.54) is 9.96 Å². The van der Waals surface area contributed by atoms with Crippen molar-refractivity contribution in [3.63, 3.8) is 0 Å². The largest absolute Gasteiger partial charge is 0.480 e. The molecule has 1 aliphatic heterocycles. The van der Waals surface area contributed by atoms with E-state index in [4.69, 9.17) is 26.4 Å². The molecule has 0 bridgehead atoms. The Morgan fingerprint density at radius 1 is 0.952 bits per heavy atom. The van der Waals surface area contributed by atoms with Gasteiger partial charge in [-0.15, -0.1) is 0 Å². The van der Waals surface area contributed by atoms with Crippen LogP contribution in [0.4, 0.5) is 0 Å². The zero-order valence-corrected chi connectivity index (χ0v) is 24.3. The topological polar surface area (TPSA) is 85.0 Å². The van der Waals surface area contributed by atoms with Gasteiger partial charge in [-0.3, -0.25) is 18.9 Å². The van der Waals surface area contributed by atoms with Gasteiger partial charge in [0.1, 0.15) is 5.69 Å². The number of hydrogen-bond donors (Lipinski definition) is 0. The Bertz CT molecular complexity index is 1810. The first-order valence-electron chi connectivity index (χ1n) is 13.9. The summed E-state index contributed by atoms with van der Waals surface area (Å²) in [5.74, 6) is 0.287. The summed E-state index contributed by atoms with van der Waals surface area (Å²) < 4.78 is 9.14. The van der Waals surface area contributed by atoms with Gasteiger partial charge in [0, 0.05) is 49.6 Å². The molecular formula is C32H31ClN6O3. The lowest BCUT2D eigenvalue weighted by Crippen LogP contribution is -2.49. The number of aromatic nitrogens is 4. The van der Waals surface area contributed by atoms with E-state index in [0.717, 1.165) is 31.0 Å². The van der Waals surface area contributed by atoms with E-state index in [1.54, 1.807) is 36.0 Å². The van der Waals surface area contributed by atoms with Crippen molar-refractivity contribution >= 4 is 23.2 Å². The third kappa shape index (κ3) is 5.66. The molecule has 6 rings (SSSR count). The van der Waals surface area contributed by atoms with Crippen LogP contribution in [-0.2, 0) is 11.3 Å². The minimum Gasteiger partial charge on any atom is -0.480 e. The van der Waals surface area contributed by atoms with Crippen molar-refractivity contribution in [1.29, 1.82) is 0 Å². The highest BCUT2D eigenvalue weighted by atomic mass is 35.5. The molecule has 42 heavy (non-hydrogen) atoms. The number of pyridine rings is 1.